The van der Waals surface area contributed by atoms with Gasteiger partial charge in [0.25, 0.3) is 5.91 Å². The number of hydrogen-bond acceptors (Lipinski definition) is 5. The number of carbonyl (C=O) groups excluding carboxylic acids is 1. The standard InChI is InChI=1S/C24H20ClN3O3S2/c25-18-12-11-16(15-22(18)33(30,31)28-13-5-6-14-28)23(29)26-19-8-2-1-7-17(19)24-27-20-9-3-4-10-21(20)32-24/h1-4,7-12,15H,5-6,13-14H2,(H,26,29). The summed E-state index contributed by atoms with van der Waals surface area (Å²) in [7, 11) is -3.75. The van der Waals surface area contributed by atoms with E-state index in [4.69, 9.17) is 16.6 Å². The Balaban J connectivity index is 1.46. The van der Waals surface area contributed by atoms with Crippen LogP contribution in [0.1, 0.15) is 23.2 Å². The van der Waals surface area contributed by atoms with Gasteiger partial charge in [-0.2, -0.15) is 4.31 Å². The molecule has 1 fully saturated rings. The van der Waals surface area contributed by atoms with Gasteiger partial charge in [-0.05, 0) is 55.3 Å². The van der Waals surface area contributed by atoms with E-state index in [1.807, 2.05) is 42.5 Å². The molecule has 0 radical (unpaired) electrons. The number of thiazole rings is 1. The Labute approximate surface area is 200 Å². The van der Waals surface area contributed by atoms with Gasteiger partial charge in [0.2, 0.25) is 10.0 Å². The molecule has 168 valence electrons. The van der Waals surface area contributed by atoms with Gasteiger partial charge in [0.05, 0.1) is 20.9 Å². The van der Waals surface area contributed by atoms with E-state index in [2.05, 4.69) is 5.32 Å². The van der Waals surface area contributed by atoms with Crippen molar-refractivity contribution in [3.63, 3.8) is 0 Å². The van der Waals surface area contributed by atoms with Gasteiger partial charge in [-0.25, -0.2) is 13.4 Å². The van der Waals surface area contributed by atoms with Crippen LogP contribution >= 0.6 is 22.9 Å². The molecule has 0 aliphatic carbocycles. The highest BCUT2D eigenvalue weighted by atomic mass is 35.5. The van der Waals surface area contributed by atoms with Crippen LogP contribution < -0.4 is 5.32 Å². The van der Waals surface area contributed by atoms with E-state index in [0.717, 1.165) is 33.6 Å². The molecule has 0 unspecified atom stereocenters. The van der Waals surface area contributed by atoms with Gasteiger partial charge in [-0.15, -0.1) is 11.3 Å². The van der Waals surface area contributed by atoms with Crippen LogP contribution in [0.2, 0.25) is 5.02 Å². The Morgan fingerprint density at radius 3 is 2.52 bits per heavy atom. The van der Waals surface area contributed by atoms with Crippen molar-refractivity contribution in [1.82, 2.24) is 9.29 Å². The van der Waals surface area contributed by atoms with Gasteiger partial charge in [0, 0.05) is 24.2 Å². The van der Waals surface area contributed by atoms with Crippen molar-refractivity contribution in [3.05, 3.63) is 77.3 Å². The number of amides is 1. The molecule has 0 atom stereocenters. The van der Waals surface area contributed by atoms with Crippen molar-refractivity contribution < 1.29 is 13.2 Å². The Morgan fingerprint density at radius 2 is 1.73 bits per heavy atom. The first-order chi connectivity index (χ1) is 15.9. The van der Waals surface area contributed by atoms with E-state index >= 15 is 0 Å². The number of nitrogens with zero attached hydrogens (tertiary/aromatic N) is 2. The molecule has 1 aliphatic heterocycles. The van der Waals surface area contributed by atoms with Gasteiger partial charge in [0.15, 0.2) is 0 Å². The molecular weight excluding hydrogens is 478 g/mol. The van der Waals surface area contributed by atoms with E-state index in [0.29, 0.717) is 18.8 Å². The topological polar surface area (TPSA) is 79.4 Å². The normalized spacial score (nSPS) is 14.6. The van der Waals surface area contributed by atoms with Gasteiger partial charge < -0.3 is 5.32 Å². The number of sulfonamides is 1. The maximum Gasteiger partial charge on any atom is 0.255 e. The highest BCUT2D eigenvalue weighted by Crippen LogP contribution is 2.35. The lowest BCUT2D eigenvalue weighted by atomic mass is 10.1. The number of nitrogens with one attached hydrogen (secondary N) is 1. The number of halogens is 1. The lowest BCUT2D eigenvalue weighted by Crippen LogP contribution is -2.28. The molecule has 5 rings (SSSR count). The molecule has 6 nitrogen and oxygen atoms in total. The number of para-hydroxylation sites is 2. The molecule has 3 aromatic carbocycles. The molecule has 0 bridgehead atoms. The molecule has 0 spiro atoms. The zero-order chi connectivity index (χ0) is 23.0. The number of fused-ring (bicyclic) bond motifs is 1. The highest BCUT2D eigenvalue weighted by molar-refractivity contribution is 7.89. The van der Waals surface area contributed by atoms with Crippen LogP contribution in [0.5, 0.6) is 0 Å². The minimum absolute atomic E-state index is 0.0434. The van der Waals surface area contributed by atoms with Crippen LogP contribution in [-0.2, 0) is 10.0 Å². The Morgan fingerprint density at radius 1 is 1.00 bits per heavy atom. The number of rotatable bonds is 5. The fourth-order valence-electron chi connectivity index (χ4n) is 3.87. The van der Waals surface area contributed by atoms with Crippen LogP contribution in [0.4, 0.5) is 5.69 Å². The molecule has 33 heavy (non-hydrogen) atoms. The molecule has 1 N–H and O–H groups in total. The molecule has 1 aliphatic rings. The van der Waals surface area contributed by atoms with E-state index in [1.165, 1.54) is 22.5 Å². The molecule has 9 heteroatoms. The minimum Gasteiger partial charge on any atom is -0.321 e. The van der Waals surface area contributed by atoms with Gasteiger partial charge >= 0.3 is 0 Å². The van der Waals surface area contributed by atoms with Crippen molar-refractivity contribution in [2.24, 2.45) is 0 Å². The molecule has 1 aromatic heterocycles. The Kier molecular flexibility index (Phi) is 5.92. The number of aromatic nitrogens is 1. The lowest BCUT2D eigenvalue weighted by molar-refractivity contribution is 0.102. The summed E-state index contributed by atoms with van der Waals surface area (Å²) in [4.78, 5) is 17.7. The quantitative estimate of drug-likeness (QED) is 0.386. The van der Waals surface area contributed by atoms with Crippen molar-refractivity contribution in [3.8, 4) is 10.6 Å². The van der Waals surface area contributed by atoms with E-state index in [1.54, 1.807) is 17.4 Å². The number of benzene rings is 3. The predicted octanol–water partition coefficient (Wildman–Crippen LogP) is 5.65. The minimum atomic E-state index is -3.75. The van der Waals surface area contributed by atoms with Crippen molar-refractivity contribution >= 4 is 54.8 Å². The van der Waals surface area contributed by atoms with Crippen LogP contribution in [0.25, 0.3) is 20.8 Å². The van der Waals surface area contributed by atoms with Crippen molar-refractivity contribution in [2.45, 2.75) is 17.7 Å². The summed E-state index contributed by atoms with van der Waals surface area (Å²) >= 11 is 7.77. The fraction of sp³-hybridized carbons (Fsp3) is 0.167. The van der Waals surface area contributed by atoms with Crippen molar-refractivity contribution in [1.29, 1.82) is 0 Å². The smallest absolute Gasteiger partial charge is 0.255 e. The molecule has 1 saturated heterocycles. The second-order valence-electron chi connectivity index (χ2n) is 7.74. The number of carbonyl (C=O) groups is 1. The van der Waals surface area contributed by atoms with Crippen LogP contribution in [0.3, 0.4) is 0 Å². The molecule has 0 saturated carbocycles. The van der Waals surface area contributed by atoms with E-state index in [9.17, 15) is 13.2 Å². The summed E-state index contributed by atoms with van der Waals surface area (Å²) in [5.74, 6) is -0.418. The van der Waals surface area contributed by atoms with Crippen LogP contribution in [-0.4, -0.2) is 36.7 Å². The summed E-state index contributed by atoms with van der Waals surface area (Å²) < 4.78 is 28.5. The predicted molar refractivity (Wildman–Crippen MR) is 132 cm³/mol. The monoisotopic (exact) mass is 497 g/mol. The second kappa shape index (κ2) is 8.87. The van der Waals surface area contributed by atoms with Gasteiger partial charge in [-0.1, -0.05) is 35.9 Å². The molecule has 2 heterocycles. The van der Waals surface area contributed by atoms with E-state index < -0.39 is 15.9 Å². The summed E-state index contributed by atoms with van der Waals surface area (Å²) in [5.41, 5.74) is 2.51. The lowest BCUT2D eigenvalue weighted by Gasteiger charge is -2.17. The second-order valence-corrected chi connectivity index (χ2v) is 11.1. The maximum absolute atomic E-state index is 13.1. The number of anilines is 1. The molecule has 1 amide bonds. The summed E-state index contributed by atoms with van der Waals surface area (Å²) in [5, 5.41) is 3.81. The van der Waals surface area contributed by atoms with E-state index in [-0.39, 0.29) is 15.5 Å². The fourth-order valence-corrected chi connectivity index (χ4v) is 6.89. The van der Waals surface area contributed by atoms with Crippen LogP contribution in [0, 0.1) is 0 Å². The zero-order valence-corrected chi connectivity index (χ0v) is 19.9. The SMILES string of the molecule is O=C(Nc1ccccc1-c1nc2ccccc2s1)c1ccc(Cl)c(S(=O)(=O)N2CCCC2)c1. The average Bonchev–Trinajstić information content (AvgIpc) is 3.50. The third-order valence-corrected chi connectivity index (χ3v) is 9.03. The first kappa shape index (κ1) is 22.0. The Hall–Kier alpha value is -2.78. The summed E-state index contributed by atoms with van der Waals surface area (Å²) in [6.45, 7) is 0.926. The first-order valence-electron chi connectivity index (χ1n) is 10.5. The third kappa shape index (κ3) is 4.27. The van der Waals surface area contributed by atoms with Gasteiger partial charge in [-0.3, -0.25) is 4.79 Å². The zero-order valence-electron chi connectivity index (χ0n) is 17.5. The van der Waals surface area contributed by atoms with Crippen LogP contribution in [0.15, 0.2) is 71.6 Å². The maximum atomic E-state index is 13.1. The van der Waals surface area contributed by atoms with Gasteiger partial charge in [0.1, 0.15) is 9.90 Å². The first-order valence-corrected chi connectivity index (χ1v) is 13.1. The summed E-state index contributed by atoms with van der Waals surface area (Å²) in [6.07, 6.45) is 1.64. The largest absolute Gasteiger partial charge is 0.321 e. The summed E-state index contributed by atoms with van der Waals surface area (Å²) in [6, 6.07) is 19.6. The number of hydrogen-bond donors (Lipinski definition) is 1. The third-order valence-electron chi connectivity index (χ3n) is 5.58. The van der Waals surface area contributed by atoms with Crippen molar-refractivity contribution in [2.75, 3.05) is 18.4 Å². The molecule has 4 aromatic rings. The molecular formula is C24H20ClN3O3S2. The highest BCUT2D eigenvalue weighted by Gasteiger charge is 2.30. The Bertz CT molecular complexity index is 1430. The average molecular weight is 498 g/mol.